The van der Waals surface area contributed by atoms with Gasteiger partial charge in [-0.1, -0.05) is 25.8 Å². The van der Waals surface area contributed by atoms with E-state index >= 15 is 0 Å². The first kappa shape index (κ1) is 25.2. The number of hydrogen-bond acceptors (Lipinski definition) is 5. The van der Waals surface area contributed by atoms with Gasteiger partial charge in [0.15, 0.2) is 0 Å². The van der Waals surface area contributed by atoms with E-state index in [-0.39, 0.29) is 40.0 Å². The summed E-state index contributed by atoms with van der Waals surface area (Å²) in [7, 11) is -2.49. The summed E-state index contributed by atoms with van der Waals surface area (Å²) in [6.07, 6.45) is 5.65. The second-order valence-electron chi connectivity index (χ2n) is 9.60. The van der Waals surface area contributed by atoms with Gasteiger partial charge in [0.05, 0.1) is 7.11 Å². The SMILES string of the molecule is COc1ccc(C(=O)Nc2cc(NC(=O)C3CC3)ccc2C)cc1S(=O)(=O)NC1CCCCC1C. The Kier molecular flexibility index (Phi) is 7.47. The van der Waals surface area contributed by atoms with Crippen molar-refractivity contribution in [2.45, 2.75) is 63.3 Å². The molecule has 0 aliphatic heterocycles. The van der Waals surface area contributed by atoms with E-state index in [0.717, 1.165) is 44.1 Å². The molecule has 3 N–H and O–H groups in total. The summed E-state index contributed by atoms with van der Waals surface area (Å²) in [5.41, 5.74) is 2.15. The van der Waals surface area contributed by atoms with Crippen molar-refractivity contribution in [2.75, 3.05) is 17.7 Å². The first-order valence-electron chi connectivity index (χ1n) is 12.1. The van der Waals surface area contributed by atoms with Gasteiger partial charge in [-0.15, -0.1) is 0 Å². The number of rotatable bonds is 8. The molecule has 2 atom stereocenters. The van der Waals surface area contributed by atoms with Gasteiger partial charge >= 0.3 is 0 Å². The Bertz CT molecular complexity index is 1220. The van der Waals surface area contributed by atoms with Crippen LogP contribution in [0.5, 0.6) is 5.75 Å². The van der Waals surface area contributed by atoms with Gasteiger partial charge in [0.2, 0.25) is 15.9 Å². The topological polar surface area (TPSA) is 114 Å². The summed E-state index contributed by atoms with van der Waals surface area (Å²) in [5, 5.41) is 5.72. The molecule has 0 bridgehead atoms. The third-order valence-electron chi connectivity index (χ3n) is 6.83. The molecule has 2 amide bonds. The molecule has 8 nitrogen and oxygen atoms in total. The van der Waals surface area contributed by atoms with Crippen LogP contribution in [0, 0.1) is 18.8 Å². The van der Waals surface area contributed by atoms with Gasteiger partial charge in [0.1, 0.15) is 10.6 Å². The summed E-state index contributed by atoms with van der Waals surface area (Å²) in [6.45, 7) is 3.90. The number of amides is 2. The van der Waals surface area contributed by atoms with E-state index in [9.17, 15) is 18.0 Å². The molecular formula is C26H33N3O5S. The fourth-order valence-electron chi connectivity index (χ4n) is 4.40. The average Bonchev–Trinajstić information content (AvgIpc) is 3.68. The normalized spacial score (nSPS) is 20.2. The monoisotopic (exact) mass is 499 g/mol. The standard InChI is InChI=1S/C26H33N3O5S/c1-16-6-4-5-7-21(16)29-35(32,33)24-14-19(11-13-23(24)34-3)26(31)28-22-15-20(12-8-17(22)2)27-25(30)18-9-10-18/h8,11-16,18,21,29H,4-7,9-10H2,1-3H3,(H,27,30)(H,28,31). The molecule has 2 unspecified atom stereocenters. The van der Waals surface area contributed by atoms with E-state index in [1.165, 1.54) is 25.3 Å². The van der Waals surface area contributed by atoms with Crippen molar-refractivity contribution in [3.63, 3.8) is 0 Å². The molecule has 2 fully saturated rings. The van der Waals surface area contributed by atoms with Crippen molar-refractivity contribution in [3.05, 3.63) is 47.5 Å². The number of sulfonamides is 1. The maximum absolute atomic E-state index is 13.3. The maximum atomic E-state index is 13.3. The van der Waals surface area contributed by atoms with Crippen molar-refractivity contribution >= 4 is 33.2 Å². The molecule has 2 aromatic carbocycles. The molecule has 4 rings (SSSR count). The summed E-state index contributed by atoms with van der Waals surface area (Å²) < 4.78 is 34.6. The molecule has 2 aromatic rings. The Balaban J connectivity index is 1.55. The van der Waals surface area contributed by atoms with Gasteiger partial charge in [0.25, 0.3) is 5.91 Å². The van der Waals surface area contributed by atoms with Crippen molar-refractivity contribution in [3.8, 4) is 5.75 Å². The lowest BCUT2D eigenvalue weighted by atomic mass is 9.87. The second kappa shape index (κ2) is 10.4. The van der Waals surface area contributed by atoms with Crippen LogP contribution in [0.2, 0.25) is 0 Å². The second-order valence-corrected chi connectivity index (χ2v) is 11.3. The number of nitrogens with one attached hydrogen (secondary N) is 3. The smallest absolute Gasteiger partial charge is 0.255 e. The summed E-state index contributed by atoms with van der Waals surface area (Å²) >= 11 is 0. The minimum atomic E-state index is -3.90. The highest BCUT2D eigenvalue weighted by molar-refractivity contribution is 7.89. The Morgan fingerprint density at radius 3 is 2.40 bits per heavy atom. The Morgan fingerprint density at radius 1 is 0.971 bits per heavy atom. The summed E-state index contributed by atoms with van der Waals surface area (Å²) in [4.78, 5) is 25.1. The Hall–Kier alpha value is -2.91. The third-order valence-corrected chi connectivity index (χ3v) is 8.35. The highest BCUT2D eigenvalue weighted by Crippen LogP contribution is 2.32. The van der Waals surface area contributed by atoms with E-state index in [2.05, 4.69) is 22.3 Å². The lowest BCUT2D eigenvalue weighted by Gasteiger charge is -2.29. The van der Waals surface area contributed by atoms with E-state index < -0.39 is 15.9 Å². The van der Waals surface area contributed by atoms with Crippen LogP contribution in [-0.2, 0) is 14.8 Å². The number of benzene rings is 2. The van der Waals surface area contributed by atoms with Crippen LogP contribution in [0.3, 0.4) is 0 Å². The average molecular weight is 500 g/mol. The van der Waals surface area contributed by atoms with E-state index in [0.29, 0.717) is 11.4 Å². The van der Waals surface area contributed by atoms with Gasteiger partial charge in [-0.05, 0) is 74.4 Å². The van der Waals surface area contributed by atoms with Crippen molar-refractivity contribution < 1.29 is 22.7 Å². The van der Waals surface area contributed by atoms with Crippen molar-refractivity contribution in [1.29, 1.82) is 0 Å². The number of hydrogen-bond donors (Lipinski definition) is 3. The molecule has 0 spiro atoms. The van der Waals surface area contributed by atoms with E-state index in [1.807, 2.05) is 13.0 Å². The Morgan fingerprint density at radius 2 is 1.71 bits per heavy atom. The van der Waals surface area contributed by atoms with Crippen molar-refractivity contribution in [2.24, 2.45) is 11.8 Å². The first-order chi connectivity index (χ1) is 16.7. The molecule has 0 aromatic heterocycles. The molecule has 188 valence electrons. The number of methoxy groups -OCH3 is 1. The summed E-state index contributed by atoms with van der Waals surface area (Å²) in [5.74, 6) is 0.0178. The first-order valence-corrected chi connectivity index (χ1v) is 13.6. The van der Waals surface area contributed by atoms with Crippen LogP contribution in [0.1, 0.15) is 61.4 Å². The molecule has 9 heteroatoms. The van der Waals surface area contributed by atoms with Gasteiger partial charge in [-0.25, -0.2) is 13.1 Å². The predicted molar refractivity (Wildman–Crippen MR) is 135 cm³/mol. The van der Waals surface area contributed by atoms with Crippen LogP contribution < -0.4 is 20.1 Å². The van der Waals surface area contributed by atoms with Crippen LogP contribution in [0.4, 0.5) is 11.4 Å². The minimum Gasteiger partial charge on any atom is -0.495 e. The fourth-order valence-corrected chi connectivity index (χ4v) is 5.97. The molecule has 2 saturated carbocycles. The highest BCUT2D eigenvalue weighted by Gasteiger charge is 2.30. The fraction of sp³-hybridized carbons (Fsp3) is 0.462. The highest BCUT2D eigenvalue weighted by atomic mass is 32.2. The maximum Gasteiger partial charge on any atom is 0.255 e. The molecular weight excluding hydrogens is 466 g/mol. The third kappa shape index (κ3) is 6.02. The van der Waals surface area contributed by atoms with Crippen LogP contribution in [-0.4, -0.2) is 33.4 Å². The van der Waals surface area contributed by atoms with Crippen molar-refractivity contribution in [1.82, 2.24) is 4.72 Å². The number of carbonyl (C=O) groups excluding carboxylic acids is 2. The lowest BCUT2D eigenvalue weighted by molar-refractivity contribution is -0.117. The number of ether oxygens (including phenoxy) is 1. The zero-order valence-electron chi connectivity index (χ0n) is 20.4. The van der Waals surface area contributed by atoms with Gasteiger partial charge in [0, 0.05) is 28.9 Å². The molecule has 0 radical (unpaired) electrons. The van der Waals surface area contributed by atoms with E-state index in [1.54, 1.807) is 12.1 Å². The molecule has 2 aliphatic rings. The minimum absolute atomic E-state index is 0.0177. The Labute approximate surface area is 206 Å². The van der Waals surface area contributed by atoms with E-state index in [4.69, 9.17) is 4.74 Å². The van der Waals surface area contributed by atoms with Crippen LogP contribution in [0.15, 0.2) is 41.3 Å². The van der Waals surface area contributed by atoms with Crippen LogP contribution >= 0.6 is 0 Å². The molecule has 0 heterocycles. The van der Waals surface area contributed by atoms with Gasteiger partial charge in [-0.2, -0.15) is 0 Å². The molecule has 2 aliphatic carbocycles. The lowest BCUT2D eigenvalue weighted by Crippen LogP contribution is -2.41. The van der Waals surface area contributed by atoms with Gasteiger partial charge < -0.3 is 15.4 Å². The molecule has 35 heavy (non-hydrogen) atoms. The van der Waals surface area contributed by atoms with Crippen LogP contribution in [0.25, 0.3) is 0 Å². The molecule has 0 saturated heterocycles. The number of anilines is 2. The zero-order chi connectivity index (χ0) is 25.2. The largest absolute Gasteiger partial charge is 0.495 e. The number of carbonyl (C=O) groups is 2. The predicted octanol–water partition coefficient (Wildman–Crippen LogP) is 4.46. The van der Waals surface area contributed by atoms with Gasteiger partial charge in [-0.3, -0.25) is 9.59 Å². The quantitative estimate of drug-likeness (QED) is 0.496. The zero-order valence-corrected chi connectivity index (χ0v) is 21.2. The summed E-state index contributed by atoms with van der Waals surface area (Å²) in [6, 6.07) is 9.54. The number of aryl methyl sites for hydroxylation is 1.